The van der Waals surface area contributed by atoms with Crippen molar-refractivity contribution in [3.8, 4) is 0 Å². The average molecular weight is 286 g/mol. The van der Waals surface area contributed by atoms with Crippen molar-refractivity contribution in [2.75, 3.05) is 0 Å². The minimum absolute atomic E-state index is 0.133. The topological polar surface area (TPSA) is 110 Å². The molecule has 0 aliphatic heterocycles. The lowest BCUT2D eigenvalue weighted by Crippen LogP contribution is -2.44. The number of nitrogens with one attached hydrogen (secondary N) is 1. The quantitative estimate of drug-likeness (QED) is 0.633. The molecular formula is C11H14N2O5S. The molecule has 1 aromatic rings. The molecule has 104 valence electrons. The van der Waals surface area contributed by atoms with Gasteiger partial charge in [-0.1, -0.05) is 13.8 Å². The zero-order chi connectivity index (χ0) is 14.7. The molecule has 1 amide bonds. The van der Waals surface area contributed by atoms with Crippen molar-refractivity contribution in [3.63, 3.8) is 0 Å². The van der Waals surface area contributed by atoms with E-state index in [4.69, 9.17) is 5.11 Å². The van der Waals surface area contributed by atoms with E-state index >= 15 is 0 Å². The number of aliphatic carboxylic acids is 1. The summed E-state index contributed by atoms with van der Waals surface area (Å²) in [6, 6.07) is 0.142. The third kappa shape index (κ3) is 3.50. The van der Waals surface area contributed by atoms with Crippen LogP contribution in [-0.4, -0.2) is 27.9 Å². The second kappa shape index (κ2) is 5.79. The van der Waals surface area contributed by atoms with Crippen molar-refractivity contribution >= 4 is 28.9 Å². The van der Waals surface area contributed by atoms with Gasteiger partial charge in [-0.05, 0) is 12.8 Å². The average Bonchev–Trinajstić information content (AvgIpc) is 2.67. The highest BCUT2D eigenvalue weighted by Gasteiger charge is 2.26. The van der Waals surface area contributed by atoms with Gasteiger partial charge in [0.25, 0.3) is 11.6 Å². The van der Waals surface area contributed by atoms with E-state index in [1.807, 2.05) is 0 Å². The van der Waals surface area contributed by atoms with Crippen LogP contribution in [0.3, 0.4) is 0 Å². The first-order chi connectivity index (χ1) is 8.73. The molecule has 0 saturated carbocycles. The summed E-state index contributed by atoms with van der Waals surface area (Å²) in [6.07, 6.45) is 0. The van der Waals surface area contributed by atoms with E-state index in [0.717, 1.165) is 17.4 Å². The number of carbonyl (C=O) groups excluding carboxylic acids is 1. The van der Waals surface area contributed by atoms with Gasteiger partial charge in [0.05, 0.1) is 14.7 Å². The molecular weight excluding hydrogens is 272 g/mol. The van der Waals surface area contributed by atoms with Gasteiger partial charge >= 0.3 is 5.97 Å². The molecule has 7 nitrogen and oxygen atoms in total. The van der Waals surface area contributed by atoms with Crippen LogP contribution in [0.15, 0.2) is 6.07 Å². The SMILES string of the molecule is Cc1sc(C(=O)N[C@@H](C(=O)O)C(C)C)cc1[N+](=O)[O-]. The van der Waals surface area contributed by atoms with Crippen LogP contribution >= 0.6 is 11.3 Å². The number of amides is 1. The number of carbonyl (C=O) groups is 2. The fraction of sp³-hybridized carbons (Fsp3) is 0.455. The maximum atomic E-state index is 11.9. The van der Waals surface area contributed by atoms with E-state index in [-0.39, 0.29) is 16.5 Å². The lowest BCUT2D eigenvalue weighted by molar-refractivity contribution is -0.385. The summed E-state index contributed by atoms with van der Waals surface area (Å²) in [7, 11) is 0. The van der Waals surface area contributed by atoms with Crippen molar-refractivity contribution in [1.29, 1.82) is 0 Å². The molecule has 0 aliphatic rings. The van der Waals surface area contributed by atoms with Crippen LogP contribution in [0.4, 0.5) is 5.69 Å². The number of thiophene rings is 1. The molecule has 0 aliphatic carbocycles. The Bertz CT molecular complexity index is 523. The summed E-state index contributed by atoms with van der Waals surface area (Å²) in [6.45, 7) is 4.87. The van der Waals surface area contributed by atoms with Gasteiger partial charge in [-0.25, -0.2) is 4.79 Å². The summed E-state index contributed by atoms with van der Waals surface area (Å²) in [5.41, 5.74) is -0.133. The monoisotopic (exact) mass is 286 g/mol. The first-order valence-corrected chi connectivity index (χ1v) is 6.34. The van der Waals surface area contributed by atoms with E-state index in [0.29, 0.717) is 4.88 Å². The van der Waals surface area contributed by atoms with E-state index in [2.05, 4.69) is 5.32 Å². The van der Waals surface area contributed by atoms with Crippen molar-refractivity contribution in [1.82, 2.24) is 5.32 Å². The summed E-state index contributed by atoms with van der Waals surface area (Å²) in [4.78, 5) is 33.5. The maximum absolute atomic E-state index is 11.9. The Kier molecular flexibility index (Phi) is 4.60. The highest BCUT2D eigenvalue weighted by Crippen LogP contribution is 2.28. The number of hydrogen-bond donors (Lipinski definition) is 2. The first kappa shape index (κ1) is 15.1. The minimum Gasteiger partial charge on any atom is -0.480 e. The number of carboxylic acids is 1. The Morgan fingerprint density at radius 3 is 2.42 bits per heavy atom. The van der Waals surface area contributed by atoms with Gasteiger partial charge in [-0.3, -0.25) is 14.9 Å². The van der Waals surface area contributed by atoms with E-state index in [9.17, 15) is 19.7 Å². The zero-order valence-corrected chi connectivity index (χ0v) is 11.5. The van der Waals surface area contributed by atoms with Crippen molar-refractivity contribution < 1.29 is 19.6 Å². The van der Waals surface area contributed by atoms with E-state index in [1.165, 1.54) is 6.92 Å². The van der Waals surface area contributed by atoms with Gasteiger partial charge in [0.1, 0.15) is 6.04 Å². The summed E-state index contributed by atoms with van der Waals surface area (Å²) < 4.78 is 0. The molecule has 1 atom stereocenters. The molecule has 0 fully saturated rings. The number of rotatable bonds is 5. The van der Waals surface area contributed by atoms with Gasteiger partial charge in [0, 0.05) is 6.07 Å². The van der Waals surface area contributed by atoms with Crippen molar-refractivity contribution in [3.05, 3.63) is 25.9 Å². The van der Waals surface area contributed by atoms with E-state index in [1.54, 1.807) is 13.8 Å². The lowest BCUT2D eigenvalue weighted by atomic mass is 10.0. The molecule has 1 aromatic heterocycles. The molecule has 0 bridgehead atoms. The van der Waals surface area contributed by atoms with Crippen LogP contribution in [0, 0.1) is 23.0 Å². The molecule has 0 radical (unpaired) electrons. The standard InChI is InChI=1S/C11H14N2O5S/c1-5(2)9(11(15)16)12-10(14)8-4-7(13(17)18)6(3)19-8/h4-5,9H,1-3H3,(H,12,14)(H,15,16)/t9-/m1/s1. The minimum atomic E-state index is -1.13. The van der Waals surface area contributed by atoms with Crippen LogP contribution in [-0.2, 0) is 4.79 Å². The highest BCUT2D eigenvalue weighted by molar-refractivity contribution is 7.14. The second-order valence-electron chi connectivity index (χ2n) is 4.34. The summed E-state index contributed by atoms with van der Waals surface area (Å²) >= 11 is 0.970. The van der Waals surface area contributed by atoms with Crippen LogP contribution in [0.5, 0.6) is 0 Å². The van der Waals surface area contributed by atoms with E-state index < -0.39 is 22.8 Å². The highest BCUT2D eigenvalue weighted by atomic mass is 32.1. The van der Waals surface area contributed by atoms with Gasteiger partial charge in [-0.2, -0.15) is 0 Å². The van der Waals surface area contributed by atoms with Gasteiger partial charge in [-0.15, -0.1) is 11.3 Å². The van der Waals surface area contributed by atoms with Gasteiger partial charge in [0.15, 0.2) is 0 Å². The third-order valence-electron chi connectivity index (χ3n) is 2.53. The Morgan fingerprint density at radius 1 is 1.47 bits per heavy atom. The molecule has 0 spiro atoms. The predicted molar refractivity (Wildman–Crippen MR) is 69.4 cm³/mol. The molecule has 8 heteroatoms. The van der Waals surface area contributed by atoms with Gasteiger partial charge in [0.2, 0.25) is 0 Å². The summed E-state index contributed by atoms with van der Waals surface area (Å²) in [5, 5.41) is 22.0. The van der Waals surface area contributed by atoms with Crippen LogP contribution in [0.1, 0.15) is 28.4 Å². The lowest BCUT2D eigenvalue weighted by Gasteiger charge is -2.17. The number of hydrogen-bond acceptors (Lipinski definition) is 5. The predicted octanol–water partition coefficient (Wildman–Crippen LogP) is 1.80. The fourth-order valence-electron chi connectivity index (χ4n) is 1.49. The number of carboxylic acid groups (broad SMARTS) is 1. The van der Waals surface area contributed by atoms with Crippen molar-refractivity contribution in [2.45, 2.75) is 26.8 Å². The molecule has 0 aromatic carbocycles. The molecule has 1 heterocycles. The zero-order valence-electron chi connectivity index (χ0n) is 10.7. The number of aryl methyl sites for hydroxylation is 1. The smallest absolute Gasteiger partial charge is 0.326 e. The molecule has 19 heavy (non-hydrogen) atoms. The van der Waals surface area contributed by atoms with Crippen molar-refractivity contribution in [2.24, 2.45) is 5.92 Å². The normalized spacial score (nSPS) is 12.2. The number of nitro groups is 1. The molecule has 0 saturated heterocycles. The largest absolute Gasteiger partial charge is 0.480 e. The van der Waals surface area contributed by atoms with Crippen LogP contribution in [0.2, 0.25) is 0 Å². The third-order valence-corrected chi connectivity index (χ3v) is 3.57. The van der Waals surface area contributed by atoms with Crippen LogP contribution in [0.25, 0.3) is 0 Å². The van der Waals surface area contributed by atoms with Gasteiger partial charge < -0.3 is 10.4 Å². The number of nitrogens with zero attached hydrogens (tertiary/aromatic N) is 1. The molecule has 0 unspecified atom stereocenters. The Morgan fingerprint density at radius 2 is 2.05 bits per heavy atom. The summed E-state index contributed by atoms with van der Waals surface area (Å²) in [5.74, 6) is -2.02. The van der Waals surface area contributed by atoms with Crippen LogP contribution < -0.4 is 5.32 Å². The first-order valence-electron chi connectivity index (χ1n) is 5.52. The Hall–Kier alpha value is -1.96. The fourth-order valence-corrected chi connectivity index (χ4v) is 2.38. The molecule has 1 rings (SSSR count). The maximum Gasteiger partial charge on any atom is 0.326 e. The second-order valence-corrected chi connectivity index (χ2v) is 5.60. The Labute approximate surface area is 113 Å². The molecule has 2 N–H and O–H groups in total. The Balaban J connectivity index is 2.92.